The van der Waals surface area contributed by atoms with Crippen molar-refractivity contribution in [1.29, 1.82) is 0 Å². The van der Waals surface area contributed by atoms with E-state index in [1.54, 1.807) is 0 Å². The lowest BCUT2D eigenvalue weighted by molar-refractivity contribution is 0.799. The third kappa shape index (κ3) is 1.70. The molecule has 2 heterocycles. The molecule has 13 heavy (non-hydrogen) atoms. The summed E-state index contributed by atoms with van der Waals surface area (Å²) >= 11 is 2.43. The van der Waals surface area contributed by atoms with Crippen LogP contribution < -0.4 is 0 Å². The first-order valence-electron chi connectivity index (χ1n) is 4.19. The Morgan fingerprint density at radius 1 is 1.46 bits per heavy atom. The summed E-state index contributed by atoms with van der Waals surface area (Å²) in [6, 6.07) is 4.16. The Hall–Kier alpha value is -0.580. The predicted molar refractivity (Wildman–Crippen MR) is 63.1 cm³/mol. The summed E-state index contributed by atoms with van der Waals surface area (Å²) in [4.78, 5) is 7.47. The number of H-pyrrole nitrogens is 1. The van der Waals surface area contributed by atoms with Crippen molar-refractivity contribution in [3.8, 4) is 0 Å². The molecular weight excluding hydrogens is 275 g/mol. The van der Waals surface area contributed by atoms with E-state index in [0.717, 1.165) is 5.52 Å². The zero-order valence-corrected chi connectivity index (χ0v) is 9.79. The van der Waals surface area contributed by atoms with Crippen molar-refractivity contribution in [3.63, 3.8) is 0 Å². The monoisotopic (exact) mass is 286 g/mol. The molecule has 0 saturated carbocycles. The number of halogens is 1. The number of hydrogen-bond donors (Lipinski definition) is 1. The van der Waals surface area contributed by atoms with Crippen molar-refractivity contribution >= 4 is 33.5 Å². The van der Waals surface area contributed by atoms with Gasteiger partial charge in [-0.05, 0) is 26.0 Å². The molecule has 0 fully saturated rings. The molecule has 2 nitrogen and oxygen atoms in total. The van der Waals surface area contributed by atoms with Crippen LogP contribution in [-0.4, -0.2) is 9.97 Å². The minimum Gasteiger partial charge on any atom is -0.357 e. The van der Waals surface area contributed by atoms with E-state index < -0.39 is 0 Å². The number of hydrogen-bond acceptors (Lipinski definition) is 1. The van der Waals surface area contributed by atoms with Crippen LogP contribution in [0.2, 0.25) is 0 Å². The molecular formula is C10H11IN2. The smallest absolute Gasteiger partial charge is 0.0564 e. The molecule has 0 amide bonds. The van der Waals surface area contributed by atoms with Gasteiger partial charge in [-0.3, -0.25) is 4.98 Å². The fraction of sp³-hybridized carbons (Fsp3) is 0.300. The average Bonchev–Trinajstić information content (AvgIpc) is 2.45. The number of alkyl halides is 1. The van der Waals surface area contributed by atoms with Crippen LogP contribution in [0.1, 0.15) is 19.5 Å². The second kappa shape index (κ2) is 2.97. The maximum Gasteiger partial charge on any atom is 0.0564 e. The van der Waals surface area contributed by atoms with Crippen molar-refractivity contribution < 1.29 is 0 Å². The Balaban J connectivity index is 2.63. The Labute approximate surface area is 90.9 Å². The van der Waals surface area contributed by atoms with E-state index >= 15 is 0 Å². The molecule has 0 aliphatic heterocycles. The molecule has 0 saturated heterocycles. The van der Waals surface area contributed by atoms with Crippen LogP contribution in [0.5, 0.6) is 0 Å². The number of fused-ring (bicyclic) bond motifs is 1. The van der Waals surface area contributed by atoms with Gasteiger partial charge < -0.3 is 4.98 Å². The van der Waals surface area contributed by atoms with Gasteiger partial charge in [-0.1, -0.05) is 22.6 Å². The largest absolute Gasteiger partial charge is 0.357 e. The summed E-state index contributed by atoms with van der Waals surface area (Å²) in [6.45, 7) is 4.37. The predicted octanol–water partition coefficient (Wildman–Crippen LogP) is 3.23. The summed E-state index contributed by atoms with van der Waals surface area (Å²) in [5, 5.41) is 1.18. The standard InChI is InChI=1S/C10H11IN2/c1-10(2,11)9-5-7-6-12-4-3-8(7)13-9/h3-6,13H,1-2H3. The van der Waals surface area contributed by atoms with Gasteiger partial charge in [0.1, 0.15) is 0 Å². The lowest BCUT2D eigenvalue weighted by Gasteiger charge is -2.13. The van der Waals surface area contributed by atoms with Crippen molar-refractivity contribution in [2.45, 2.75) is 17.3 Å². The fourth-order valence-corrected chi connectivity index (χ4v) is 1.58. The first kappa shape index (κ1) is 8.99. The highest BCUT2D eigenvalue weighted by Gasteiger charge is 2.17. The fourth-order valence-electron chi connectivity index (χ4n) is 1.29. The molecule has 0 unspecified atom stereocenters. The van der Waals surface area contributed by atoms with Gasteiger partial charge in [0.05, 0.1) is 3.42 Å². The minimum absolute atomic E-state index is 0.150. The Morgan fingerprint density at radius 3 is 2.85 bits per heavy atom. The van der Waals surface area contributed by atoms with Gasteiger partial charge in [0.25, 0.3) is 0 Å². The molecule has 68 valence electrons. The summed E-state index contributed by atoms with van der Waals surface area (Å²) in [5.74, 6) is 0. The molecule has 0 aliphatic carbocycles. The van der Waals surface area contributed by atoms with Crippen LogP contribution in [0.15, 0.2) is 24.5 Å². The molecule has 0 atom stereocenters. The van der Waals surface area contributed by atoms with E-state index in [2.05, 4.69) is 52.5 Å². The molecule has 0 bridgehead atoms. The number of pyridine rings is 1. The molecule has 0 spiro atoms. The lowest BCUT2D eigenvalue weighted by atomic mass is 10.1. The van der Waals surface area contributed by atoms with Crippen LogP contribution in [0.4, 0.5) is 0 Å². The summed E-state index contributed by atoms with van der Waals surface area (Å²) in [5.41, 5.74) is 2.41. The van der Waals surface area contributed by atoms with Gasteiger partial charge in [0, 0.05) is 29.0 Å². The minimum atomic E-state index is 0.150. The molecule has 0 aliphatic rings. The lowest BCUT2D eigenvalue weighted by Crippen LogP contribution is -2.06. The van der Waals surface area contributed by atoms with Crippen LogP contribution >= 0.6 is 22.6 Å². The average molecular weight is 286 g/mol. The molecule has 2 aromatic rings. The van der Waals surface area contributed by atoms with E-state index in [0.29, 0.717) is 0 Å². The van der Waals surface area contributed by atoms with E-state index in [1.165, 1.54) is 11.1 Å². The van der Waals surface area contributed by atoms with Crippen molar-refractivity contribution in [3.05, 3.63) is 30.2 Å². The van der Waals surface area contributed by atoms with E-state index in [4.69, 9.17) is 0 Å². The second-order valence-corrected chi connectivity index (χ2v) is 6.32. The van der Waals surface area contributed by atoms with Crippen LogP contribution in [0, 0.1) is 0 Å². The number of aromatic amines is 1. The van der Waals surface area contributed by atoms with Crippen molar-refractivity contribution in [2.24, 2.45) is 0 Å². The molecule has 1 N–H and O–H groups in total. The zero-order chi connectivity index (χ0) is 9.47. The topological polar surface area (TPSA) is 28.7 Å². The highest BCUT2D eigenvalue weighted by Crippen LogP contribution is 2.31. The first-order chi connectivity index (χ1) is 6.07. The maximum atomic E-state index is 4.09. The summed E-state index contributed by atoms with van der Waals surface area (Å²) in [7, 11) is 0. The van der Waals surface area contributed by atoms with Gasteiger partial charge in [-0.2, -0.15) is 0 Å². The quantitative estimate of drug-likeness (QED) is 0.632. The maximum absolute atomic E-state index is 4.09. The van der Waals surface area contributed by atoms with E-state index in [1.807, 2.05) is 18.5 Å². The zero-order valence-electron chi connectivity index (χ0n) is 7.63. The molecule has 0 radical (unpaired) electrons. The van der Waals surface area contributed by atoms with Crippen molar-refractivity contribution in [2.75, 3.05) is 0 Å². The van der Waals surface area contributed by atoms with Gasteiger partial charge in [0.15, 0.2) is 0 Å². The third-order valence-corrected chi connectivity index (χ3v) is 2.64. The van der Waals surface area contributed by atoms with Gasteiger partial charge >= 0.3 is 0 Å². The summed E-state index contributed by atoms with van der Waals surface area (Å²) < 4.78 is 0.150. The number of nitrogens with one attached hydrogen (secondary N) is 1. The number of aromatic nitrogens is 2. The van der Waals surface area contributed by atoms with Crippen LogP contribution in [-0.2, 0) is 3.42 Å². The van der Waals surface area contributed by atoms with Gasteiger partial charge in [0.2, 0.25) is 0 Å². The van der Waals surface area contributed by atoms with Gasteiger partial charge in [-0.15, -0.1) is 0 Å². The van der Waals surface area contributed by atoms with E-state index in [-0.39, 0.29) is 3.42 Å². The SMILES string of the molecule is CC(C)(I)c1cc2cnccc2[nH]1. The number of rotatable bonds is 1. The van der Waals surface area contributed by atoms with Crippen LogP contribution in [0.3, 0.4) is 0 Å². The molecule has 0 aromatic carbocycles. The Kier molecular flexibility index (Phi) is 2.06. The second-order valence-electron chi connectivity index (χ2n) is 3.62. The molecule has 2 aromatic heterocycles. The van der Waals surface area contributed by atoms with Crippen molar-refractivity contribution in [1.82, 2.24) is 9.97 Å². The van der Waals surface area contributed by atoms with Gasteiger partial charge in [-0.25, -0.2) is 0 Å². The summed E-state index contributed by atoms with van der Waals surface area (Å²) in [6.07, 6.45) is 3.69. The third-order valence-electron chi connectivity index (χ3n) is 2.06. The van der Waals surface area contributed by atoms with E-state index in [9.17, 15) is 0 Å². The van der Waals surface area contributed by atoms with Crippen LogP contribution in [0.25, 0.3) is 10.9 Å². The number of nitrogens with zero attached hydrogens (tertiary/aromatic N) is 1. The molecule has 3 heteroatoms. The highest BCUT2D eigenvalue weighted by atomic mass is 127. The molecule has 2 rings (SSSR count). The first-order valence-corrected chi connectivity index (χ1v) is 5.27. The normalized spacial score (nSPS) is 12.2. The Morgan fingerprint density at radius 2 is 2.23 bits per heavy atom. The Bertz CT molecular complexity index is 393. The highest BCUT2D eigenvalue weighted by molar-refractivity contribution is 14.1.